The van der Waals surface area contributed by atoms with Gasteiger partial charge in [0.1, 0.15) is 4.90 Å². The molecule has 0 spiro atoms. The van der Waals surface area contributed by atoms with Crippen LogP contribution in [0.4, 0.5) is 0 Å². The molecule has 1 atom stereocenters. The van der Waals surface area contributed by atoms with Crippen molar-refractivity contribution in [1.82, 2.24) is 9.71 Å². The number of pyridine rings is 1. The maximum absolute atomic E-state index is 11.7. The van der Waals surface area contributed by atoms with Crippen LogP contribution in [0.25, 0.3) is 0 Å². The molecule has 2 N–H and O–H groups in total. The number of aliphatic hydroxyl groups excluding tert-OH is 1. The zero-order valence-corrected chi connectivity index (χ0v) is 9.52. The Hall–Kier alpha value is -0.980. The molecule has 0 bridgehead atoms. The van der Waals surface area contributed by atoms with Gasteiger partial charge in [-0.25, -0.2) is 13.1 Å². The van der Waals surface area contributed by atoms with Crippen LogP contribution in [-0.2, 0) is 10.0 Å². The highest BCUT2D eigenvalue weighted by Crippen LogP contribution is 2.32. The van der Waals surface area contributed by atoms with E-state index >= 15 is 0 Å². The van der Waals surface area contributed by atoms with Gasteiger partial charge in [-0.1, -0.05) is 0 Å². The molecule has 88 valence electrons. The summed E-state index contributed by atoms with van der Waals surface area (Å²) in [6, 6.07) is 3.03. The molecule has 1 aliphatic rings. The van der Waals surface area contributed by atoms with Crippen LogP contribution in [0, 0.1) is 5.92 Å². The van der Waals surface area contributed by atoms with E-state index in [1.807, 2.05) is 0 Å². The fourth-order valence-corrected chi connectivity index (χ4v) is 2.45. The molecular weight excluding hydrogens is 228 g/mol. The Morgan fingerprint density at radius 1 is 1.56 bits per heavy atom. The van der Waals surface area contributed by atoms with Crippen molar-refractivity contribution in [3.05, 3.63) is 24.5 Å². The second-order valence-corrected chi connectivity index (χ2v) is 5.71. The Morgan fingerprint density at radius 3 is 2.88 bits per heavy atom. The van der Waals surface area contributed by atoms with Gasteiger partial charge < -0.3 is 5.11 Å². The minimum Gasteiger partial charge on any atom is -0.391 e. The van der Waals surface area contributed by atoms with E-state index in [0.717, 1.165) is 12.8 Å². The van der Waals surface area contributed by atoms with Gasteiger partial charge in [-0.15, -0.1) is 0 Å². The lowest BCUT2D eigenvalue weighted by Crippen LogP contribution is -2.33. The van der Waals surface area contributed by atoms with E-state index in [1.165, 1.54) is 18.5 Å². The van der Waals surface area contributed by atoms with Crippen molar-refractivity contribution >= 4 is 10.0 Å². The minimum atomic E-state index is -3.53. The van der Waals surface area contributed by atoms with Gasteiger partial charge in [0.25, 0.3) is 0 Å². The van der Waals surface area contributed by atoms with Crippen LogP contribution < -0.4 is 4.72 Å². The number of hydrogen-bond donors (Lipinski definition) is 2. The van der Waals surface area contributed by atoms with Crippen molar-refractivity contribution < 1.29 is 13.5 Å². The topological polar surface area (TPSA) is 79.3 Å². The lowest BCUT2D eigenvalue weighted by Gasteiger charge is -2.10. The fraction of sp³-hybridized carbons (Fsp3) is 0.500. The molecule has 1 saturated carbocycles. The van der Waals surface area contributed by atoms with Crippen LogP contribution >= 0.6 is 0 Å². The quantitative estimate of drug-likeness (QED) is 0.769. The standard InChI is InChI=1S/C10H14N2O3S/c13-10(8-3-4-8)7-12-16(14,15)9-2-1-5-11-6-9/h1-2,5-6,8,10,12-13H,3-4,7H2. The summed E-state index contributed by atoms with van der Waals surface area (Å²) in [5.41, 5.74) is 0. The maximum atomic E-state index is 11.7. The fourth-order valence-electron chi connectivity index (χ4n) is 1.43. The van der Waals surface area contributed by atoms with Gasteiger partial charge in [0.2, 0.25) is 10.0 Å². The summed E-state index contributed by atoms with van der Waals surface area (Å²) >= 11 is 0. The number of nitrogens with one attached hydrogen (secondary N) is 1. The molecule has 0 aliphatic heterocycles. The van der Waals surface area contributed by atoms with Crippen molar-refractivity contribution in [3.8, 4) is 0 Å². The minimum absolute atomic E-state index is 0.0713. The van der Waals surface area contributed by atoms with E-state index in [-0.39, 0.29) is 17.4 Å². The first kappa shape index (κ1) is 11.5. The first-order chi connectivity index (χ1) is 7.59. The van der Waals surface area contributed by atoms with Crippen molar-refractivity contribution in [2.75, 3.05) is 6.54 Å². The van der Waals surface area contributed by atoms with Crippen molar-refractivity contribution in [2.45, 2.75) is 23.8 Å². The van der Waals surface area contributed by atoms with Gasteiger partial charge in [0.15, 0.2) is 0 Å². The van der Waals surface area contributed by atoms with Gasteiger partial charge in [0, 0.05) is 18.9 Å². The van der Waals surface area contributed by atoms with Gasteiger partial charge in [-0.3, -0.25) is 4.98 Å². The largest absolute Gasteiger partial charge is 0.391 e. The third-order valence-electron chi connectivity index (χ3n) is 2.59. The van der Waals surface area contributed by atoms with Crippen molar-refractivity contribution in [2.24, 2.45) is 5.92 Å². The van der Waals surface area contributed by atoms with E-state index in [4.69, 9.17) is 0 Å². The molecule has 16 heavy (non-hydrogen) atoms. The predicted octanol–water partition coefficient (Wildman–Crippen LogP) is 0.131. The summed E-state index contributed by atoms with van der Waals surface area (Å²) < 4.78 is 25.8. The molecule has 1 aromatic heterocycles. The zero-order valence-electron chi connectivity index (χ0n) is 8.70. The molecule has 1 unspecified atom stereocenters. The Morgan fingerprint density at radius 2 is 2.31 bits per heavy atom. The summed E-state index contributed by atoms with van der Waals surface area (Å²) in [6.07, 6.45) is 4.18. The van der Waals surface area contributed by atoms with E-state index in [1.54, 1.807) is 6.07 Å². The van der Waals surface area contributed by atoms with Gasteiger partial charge in [-0.05, 0) is 30.9 Å². The lowest BCUT2D eigenvalue weighted by molar-refractivity contribution is 0.155. The molecule has 6 heteroatoms. The van der Waals surface area contributed by atoms with Crippen LogP contribution in [0.15, 0.2) is 29.4 Å². The van der Waals surface area contributed by atoms with Crippen LogP contribution in [-0.4, -0.2) is 31.2 Å². The molecule has 0 saturated heterocycles. The van der Waals surface area contributed by atoms with Crippen LogP contribution in [0.3, 0.4) is 0 Å². The molecular formula is C10H14N2O3S. The third kappa shape index (κ3) is 2.78. The first-order valence-electron chi connectivity index (χ1n) is 5.17. The van der Waals surface area contributed by atoms with Crippen LogP contribution in [0.5, 0.6) is 0 Å². The Kier molecular flexibility index (Phi) is 3.22. The smallest absolute Gasteiger partial charge is 0.242 e. The van der Waals surface area contributed by atoms with Gasteiger partial charge in [0.05, 0.1) is 6.10 Å². The number of sulfonamides is 1. The Labute approximate surface area is 94.6 Å². The summed E-state index contributed by atoms with van der Waals surface area (Å²) in [4.78, 5) is 3.87. The molecule has 1 aliphatic carbocycles. The number of aromatic nitrogens is 1. The molecule has 1 fully saturated rings. The van der Waals surface area contributed by atoms with Crippen LogP contribution in [0.1, 0.15) is 12.8 Å². The number of rotatable bonds is 5. The summed E-state index contributed by atoms with van der Waals surface area (Å²) in [7, 11) is -3.53. The molecule has 0 aromatic carbocycles. The zero-order chi connectivity index (χ0) is 11.6. The average molecular weight is 242 g/mol. The summed E-state index contributed by atoms with van der Waals surface area (Å²) in [5.74, 6) is 0.261. The van der Waals surface area contributed by atoms with Crippen LogP contribution in [0.2, 0.25) is 0 Å². The number of aliphatic hydroxyl groups is 1. The highest BCUT2D eigenvalue weighted by Gasteiger charge is 2.30. The maximum Gasteiger partial charge on any atom is 0.242 e. The monoisotopic (exact) mass is 242 g/mol. The van der Waals surface area contributed by atoms with E-state index in [2.05, 4.69) is 9.71 Å². The van der Waals surface area contributed by atoms with E-state index < -0.39 is 16.1 Å². The predicted molar refractivity (Wildman–Crippen MR) is 58.2 cm³/mol. The first-order valence-corrected chi connectivity index (χ1v) is 6.65. The lowest BCUT2D eigenvalue weighted by atomic mass is 10.2. The summed E-state index contributed by atoms with van der Waals surface area (Å²) in [6.45, 7) is 0.0713. The Bertz CT molecular complexity index is 442. The van der Waals surface area contributed by atoms with E-state index in [0.29, 0.717) is 0 Å². The highest BCUT2D eigenvalue weighted by molar-refractivity contribution is 7.89. The molecule has 5 nitrogen and oxygen atoms in total. The van der Waals surface area contributed by atoms with E-state index in [9.17, 15) is 13.5 Å². The highest BCUT2D eigenvalue weighted by atomic mass is 32.2. The van der Waals surface area contributed by atoms with Gasteiger partial charge >= 0.3 is 0 Å². The second kappa shape index (κ2) is 4.48. The number of nitrogens with zero attached hydrogens (tertiary/aromatic N) is 1. The third-order valence-corrected chi connectivity index (χ3v) is 4.00. The average Bonchev–Trinajstić information content (AvgIpc) is 3.11. The van der Waals surface area contributed by atoms with Crippen molar-refractivity contribution in [3.63, 3.8) is 0 Å². The van der Waals surface area contributed by atoms with Gasteiger partial charge in [-0.2, -0.15) is 0 Å². The number of hydrogen-bond acceptors (Lipinski definition) is 4. The molecule has 1 heterocycles. The molecule has 0 amide bonds. The second-order valence-electron chi connectivity index (χ2n) is 3.95. The Balaban J connectivity index is 1.97. The molecule has 2 rings (SSSR count). The SMILES string of the molecule is O=S(=O)(NCC(O)C1CC1)c1cccnc1. The van der Waals surface area contributed by atoms with Crippen molar-refractivity contribution in [1.29, 1.82) is 0 Å². The molecule has 1 aromatic rings. The summed E-state index contributed by atoms with van der Waals surface area (Å²) in [5, 5.41) is 9.56. The molecule has 0 radical (unpaired) electrons. The normalized spacial score (nSPS) is 18.3.